The average molecular weight is 499 g/mol. The number of hydrogen-bond donors (Lipinski definition) is 2. The van der Waals surface area contributed by atoms with Crippen LogP contribution in [0.25, 0.3) is 0 Å². The maximum Gasteiger partial charge on any atom is 0.417 e. The van der Waals surface area contributed by atoms with Gasteiger partial charge in [0.1, 0.15) is 0 Å². The van der Waals surface area contributed by atoms with Crippen LogP contribution in [0.2, 0.25) is 0 Å². The summed E-state index contributed by atoms with van der Waals surface area (Å²) in [5.74, 6) is 3.11. The third-order valence-electron chi connectivity index (χ3n) is 12.7. The molecule has 0 radical (unpaired) electrons. The van der Waals surface area contributed by atoms with Crippen LogP contribution in [-0.4, -0.2) is 28.1 Å². The van der Waals surface area contributed by atoms with Crippen molar-refractivity contribution in [2.45, 2.75) is 141 Å². The van der Waals surface area contributed by atoms with Crippen molar-refractivity contribution >= 4 is 0 Å². The molecule has 0 saturated heterocycles. The van der Waals surface area contributed by atoms with Crippen LogP contribution in [0, 0.1) is 46.3 Å². The van der Waals surface area contributed by atoms with Gasteiger partial charge in [-0.15, -0.1) is 0 Å². The van der Waals surface area contributed by atoms with Crippen molar-refractivity contribution in [2.75, 3.05) is 0 Å². The number of rotatable bonds is 5. The zero-order valence-electron chi connectivity index (χ0n) is 22.1. The molecule has 0 bridgehead atoms. The zero-order chi connectivity index (χ0) is 25.1. The normalized spacial score (nSPS) is 47.6. The number of hydrogen-bond acceptors (Lipinski definition) is 2. The molecule has 202 valence electrons. The molecular weight excluding hydrogens is 449 g/mol. The van der Waals surface area contributed by atoms with E-state index in [4.69, 9.17) is 0 Å². The fourth-order valence-corrected chi connectivity index (χ4v) is 10.4. The lowest BCUT2D eigenvalue weighted by Gasteiger charge is -2.62. The number of halogens is 3. The van der Waals surface area contributed by atoms with Gasteiger partial charge in [-0.1, -0.05) is 39.5 Å². The predicted octanol–water partition coefficient (Wildman–Crippen LogP) is 8.05. The summed E-state index contributed by atoms with van der Waals surface area (Å²) >= 11 is 0. The molecule has 2 N–H and O–H groups in total. The fraction of sp³-hybridized carbons (Fsp3) is 1.00. The molecule has 35 heavy (non-hydrogen) atoms. The molecule has 0 aromatic carbocycles. The second kappa shape index (κ2) is 9.47. The second-order valence-electron chi connectivity index (χ2n) is 14.1. The van der Waals surface area contributed by atoms with Gasteiger partial charge in [-0.2, -0.15) is 13.2 Å². The topological polar surface area (TPSA) is 40.5 Å². The maximum absolute atomic E-state index is 13.6. The van der Waals surface area contributed by atoms with Crippen LogP contribution in [0.1, 0.15) is 123 Å². The van der Waals surface area contributed by atoms with Gasteiger partial charge in [-0.3, -0.25) is 0 Å². The van der Waals surface area contributed by atoms with Crippen LogP contribution >= 0.6 is 0 Å². The van der Waals surface area contributed by atoms with E-state index < -0.39 is 11.8 Å². The molecule has 0 aromatic heterocycles. The Bertz CT molecular complexity index is 748. The highest BCUT2D eigenvalue weighted by molar-refractivity contribution is 5.11. The van der Waals surface area contributed by atoms with Gasteiger partial charge >= 0.3 is 6.18 Å². The van der Waals surface area contributed by atoms with Crippen LogP contribution in [0.3, 0.4) is 0 Å². The van der Waals surface area contributed by atoms with E-state index in [2.05, 4.69) is 13.8 Å². The lowest BCUT2D eigenvalue weighted by atomic mass is 9.43. The Morgan fingerprint density at radius 1 is 0.829 bits per heavy atom. The minimum atomic E-state index is -4.51. The summed E-state index contributed by atoms with van der Waals surface area (Å²) in [6, 6.07) is 0. The Morgan fingerprint density at radius 2 is 1.54 bits per heavy atom. The first-order valence-corrected chi connectivity index (χ1v) is 15.0. The molecule has 0 aliphatic heterocycles. The van der Waals surface area contributed by atoms with E-state index >= 15 is 0 Å². The largest absolute Gasteiger partial charge is 0.417 e. The molecule has 0 unspecified atom stereocenters. The van der Waals surface area contributed by atoms with Crippen molar-refractivity contribution in [1.82, 2.24) is 0 Å². The monoisotopic (exact) mass is 498 g/mol. The molecule has 5 heteroatoms. The molecule has 5 fully saturated rings. The van der Waals surface area contributed by atoms with E-state index in [1.807, 2.05) is 0 Å². The van der Waals surface area contributed by atoms with Crippen LogP contribution in [0.4, 0.5) is 13.2 Å². The molecule has 0 spiro atoms. The zero-order valence-corrected chi connectivity index (χ0v) is 22.1. The van der Waals surface area contributed by atoms with E-state index in [1.54, 1.807) is 0 Å². The summed E-state index contributed by atoms with van der Waals surface area (Å²) in [5.41, 5.74) is -2.17. The molecule has 2 nitrogen and oxygen atoms in total. The highest BCUT2D eigenvalue weighted by Gasteiger charge is 2.64. The molecule has 5 rings (SSSR count). The molecule has 5 aliphatic rings. The number of fused-ring (bicyclic) bond motifs is 5. The van der Waals surface area contributed by atoms with Gasteiger partial charge in [-0.05, 0) is 130 Å². The molecule has 9 atom stereocenters. The third kappa shape index (κ3) is 4.51. The van der Waals surface area contributed by atoms with Crippen molar-refractivity contribution in [1.29, 1.82) is 0 Å². The van der Waals surface area contributed by atoms with Gasteiger partial charge in [0.25, 0.3) is 0 Å². The smallest absolute Gasteiger partial charge is 0.393 e. The SMILES string of the molecule is C[C@]12CC[C@@](O)(C(F)(F)F)C[C@@H]1CC[C@@H]1[C@@H]2CC[C@]2(C)[C@H](CCC[C@@H](O)C3CCCCC3)CC[C@@H]12. The summed E-state index contributed by atoms with van der Waals surface area (Å²) in [4.78, 5) is 0. The minimum Gasteiger partial charge on any atom is -0.393 e. The molecule has 0 amide bonds. The summed E-state index contributed by atoms with van der Waals surface area (Å²) in [6.45, 7) is 4.80. The number of aliphatic hydroxyl groups excluding tert-OH is 1. The first kappa shape index (κ1) is 26.3. The minimum absolute atomic E-state index is 0.00745. The highest BCUT2D eigenvalue weighted by Crippen LogP contribution is 2.69. The van der Waals surface area contributed by atoms with Gasteiger partial charge in [-0.25, -0.2) is 0 Å². The van der Waals surface area contributed by atoms with Crippen molar-refractivity contribution < 1.29 is 23.4 Å². The van der Waals surface area contributed by atoms with E-state index in [0.29, 0.717) is 35.5 Å². The lowest BCUT2D eigenvalue weighted by Crippen LogP contribution is -2.59. The second-order valence-corrected chi connectivity index (χ2v) is 14.1. The Balaban J connectivity index is 1.20. The summed E-state index contributed by atoms with van der Waals surface area (Å²) in [5, 5.41) is 21.2. The van der Waals surface area contributed by atoms with Gasteiger partial charge in [0, 0.05) is 0 Å². The van der Waals surface area contributed by atoms with Crippen molar-refractivity contribution in [3.05, 3.63) is 0 Å². The maximum atomic E-state index is 13.6. The molecule has 0 heterocycles. The fourth-order valence-electron chi connectivity index (χ4n) is 10.4. The third-order valence-corrected chi connectivity index (χ3v) is 12.7. The highest BCUT2D eigenvalue weighted by atomic mass is 19.4. The molecule has 5 aliphatic carbocycles. The summed E-state index contributed by atoms with van der Waals surface area (Å²) in [6.07, 6.45) is 12.1. The summed E-state index contributed by atoms with van der Waals surface area (Å²) in [7, 11) is 0. The van der Waals surface area contributed by atoms with E-state index in [0.717, 1.165) is 38.0 Å². The van der Waals surface area contributed by atoms with Gasteiger partial charge in [0.2, 0.25) is 0 Å². The molecular formula is C30H49F3O2. The summed E-state index contributed by atoms with van der Waals surface area (Å²) < 4.78 is 40.8. The van der Waals surface area contributed by atoms with Crippen molar-refractivity contribution in [3.8, 4) is 0 Å². The number of aliphatic hydroxyl groups is 2. The van der Waals surface area contributed by atoms with Crippen LogP contribution in [0.5, 0.6) is 0 Å². The van der Waals surface area contributed by atoms with Crippen LogP contribution in [-0.2, 0) is 0 Å². The van der Waals surface area contributed by atoms with Gasteiger partial charge in [0.15, 0.2) is 5.60 Å². The van der Waals surface area contributed by atoms with Crippen LogP contribution in [0.15, 0.2) is 0 Å². The van der Waals surface area contributed by atoms with Crippen molar-refractivity contribution in [2.24, 2.45) is 46.3 Å². The Hall–Kier alpha value is -0.290. The Morgan fingerprint density at radius 3 is 2.26 bits per heavy atom. The van der Waals surface area contributed by atoms with Crippen molar-refractivity contribution in [3.63, 3.8) is 0 Å². The number of alkyl halides is 3. The van der Waals surface area contributed by atoms with Crippen LogP contribution < -0.4 is 0 Å². The lowest BCUT2D eigenvalue weighted by molar-refractivity contribution is -0.290. The molecule has 5 saturated carbocycles. The Labute approximate surface area is 210 Å². The standard InChI is InChI=1S/C30H49F3O2/c1-27-16-15-25-23(13-11-22-19-29(35,30(31,32)33)18-17-28(22,25)2)24(27)14-12-21(27)9-6-10-26(34)20-7-4-3-5-8-20/h20-26,34-35H,3-19H2,1-2H3/t21-,22+,23+,24+,25+,26-,27-,28+,29+/m1/s1. The van der Waals surface area contributed by atoms with E-state index in [-0.39, 0.29) is 30.3 Å². The Kier molecular flexibility index (Phi) is 7.12. The first-order valence-electron chi connectivity index (χ1n) is 15.0. The van der Waals surface area contributed by atoms with Gasteiger partial charge in [0.05, 0.1) is 6.10 Å². The van der Waals surface area contributed by atoms with Gasteiger partial charge < -0.3 is 10.2 Å². The predicted molar refractivity (Wildman–Crippen MR) is 133 cm³/mol. The molecule has 0 aromatic rings. The average Bonchev–Trinajstić information content (AvgIpc) is 3.16. The first-order chi connectivity index (χ1) is 16.5. The van der Waals surface area contributed by atoms with E-state index in [9.17, 15) is 23.4 Å². The van der Waals surface area contributed by atoms with E-state index in [1.165, 1.54) is 57.8 Å². The quantitative estimate of drug-likeness (QED) is 0.402.